The van der Waals surface area contributed by atoms with Gasteiger partial charge in [-0.25, -0.2) is 4.98 Å². The third-order valence-electron chi connectivity index (χ3n) is 3.70. The van der Waals surface area contributed by atoms with Crippen LogP contribution in [0.4, 0.5) is 0 Å². The zero-order valence-corrected chi connectivity index (χ0v) is 12.0. The van der Waals surface area contributed by atoms with Crippen molar-refractivity contribution in [2.24, 2.45) is 7.05 Å². The SMILES string of the molecule is Cc1c([C@H]2OCC[C@@H]2NCc2cscn2)cnn1C. The first kappa shape index (κ1) is 12.8. The molecule has 0 saturated carbocycles. The summed E-state index contributed by atoms with van der Waals surface area (Å²) >= 11 is 1.63. The molecule has 0 aliphatic carbocycles. The second kappa shape index (κ2) is 5.40. The van der Waals surface area contributed by atoms with Crippen molar-refractivity contribution < 1.29 is 4.74 Å². The summed E-state index contributed by atoms with van der Waals surface area (Å²) < 4.78 is 7.78. The van der Waals surface area contributed by atoms with E-state index in [1.165, 1.54) is 11.3 Å². The summed E-state index contributed by atoms with van der Waals surface area (Å²) in [5, 5.41) is 9.93. The fourth-order valence-electron chi connectivity index (χ4n) is 2.46. The molecule has 3 rings (SSSR count). The Morgan fingerprint density at radius 3 is 3.16 bits per heavy atom. The number of nitrogens with one attached hydrogen (secondary N) is 1. The van der Waals surface area contributed by atoms with Gasteiger partial charge in [0.2, 0.25) is 0 Å². The van der Waals surface area contributed by atoms with Crippen molar-refractivity contribution in [1.82, 2.24) is 20.1 Å². The molecule has 0 radical (unpaired) electrons. The van der Waals surface area contributed by atoms with Crippen molar-refractivity contribution in [3.05, 3.63) is 34.0 Å². The molecule has 0 aromatic carbocycles. The van der Waals surface area contributed by atoms with Crippen molar-refractivity contribution in [3.63, 3.8) is 0 Å². The number of nitrogens with zero attached hydrogens (tertiary/aromatic N) is 3. The topological polar surface area (TPSA) is 52.0 Å². The van der Waals surface area contributed by atoms with Crippen LogP contribution >= 0.6 is 11.3 Å². The molecule has 2 aromatic rings. The molecule has 1 saturated heterocycles. The fourth-order valence-corrected chi connectivity index (χ4v) is 3.02. The summed E-state index contributed by atoms with van der Waals surface area (Å²) in [6.45, 7) is 3.68. The number of hydrogen-bond donors (Lipinski definition) is 1. The summed E-state index contributed by atoms with van der Waals surface area (Å²) in [6.07, 6.45) is 3.05. The summed E-state index contributed by atoms with van der Waals surface area (Å²) in [4.78, 5) is 4.30. The second-order valence-corrected chi connectivity index (χ2v) is 5.57. The number of rotatable bonds is 4. The van der Waals surface area contributed by atoms with E-state index in [0.29, 0.717) is 6.04 Å². The summed E-state index contributed by atoms with van der Waals surface area (Å²) in [5.41, 5.74) is 5.33. The van der Waals surface area contributed by atoms with Crippen LogP contribution in [0.3, 0.4) is 0 Å². The Morgan fingerprint density at radius 1 is 1.58 bits per heavy atom. The number of thiazole rings is 1. The molecule has 102 valence electrons. The van der Waals surface area contributed by atoms with Gasteiger partial charge in [0.25, 0.3) is 0 Å². The van der Waals surface area contributed by atoms with E-state index in [1.807, 2.05) is 23.4 Å². The van der Waals surface area contributed by atoms with Gasteiger partial charge >= 0.3 is 0 Å². The van der Waals surface area contributed by atoms with E-state index in [9.17, 15) is 0 Å². The van der Waals surface area contributed by atoms with E-state index >= 15 is 0 Å². The fraction of sp³-hybridized carbons (Fsp3) is 0.538. The Morgan fingerprint density at radius 2 is 2.47 bits per heavy atom. The largest absolute Gasteiger partial charge is 0.372 e. The van der Waals surface area contributed by atoms with Crippen LogP contribution in [0, 0.1) is 6.92 Å². The summed E-state index contributed by atoms with van der Waals surface area (Å²) in [7, 11) is 1.96. The van der Waals surface area contributed by atoms with Crippen molar-refractivity contribution in [2.75, 3.05) is 6.61 Å². The van der Waals surface area contributed by atoms with E-state index in [-0.39, 0.29) is 6.10 Å². The van der Waals surface area contributed by atoms with Crippen LogP contribution in [0.2, 0.25) is 0 Å². The lowest BCUT2D eigenvalue weighted by Crippen LogP contribution is -2.31. The van der Waals surface area contributed by atoms with Crippen LogP contribution in [0.15, 0.2) is 17.1 Å². The normalized spacial score (nSPS) is 23.1. The predicted octanol–water partition coefficient (Wildman–Crippen LogP) is 1.80. The van der Waals surface area contributed by atoms with E-state index < -0.39 is 0 Å². The maximum atomic E-state index is 5.88. The molecule has 0 spiro atoms. The lowest BCUT2D eigenvalue weighted by atomic mass is 10.0. The minimum Gasteiger partial charge on any atom is -0.372 e. The van der Waals surface area contributed by atoms with E-state index in [2.05, 4.69) is 27.7 Å². The standard InChI is InChI=1S/C13H18N4OS/c1-9-11(6-16-17(9)2)13-12(3-4-18-13)14-5-10-7-19-8-15-10/h6-8,12-14H,3-5H2,1-2H3/t12-,13+/m0/s1. The van der Waals surface area contributed by atoms with Crippen molar-refractivity contribution >= 4 is 11.3 Å². The molecule has 6 heteroatoms. The van der Waals surface area contributed by atoms with Crippen LogP contribution in [-0.4, -0.2) is 27.4 Å². The number of ether oxygens (including phenoxy) is 1. The Hall–Kier alpha value is -1.24. The third-order valence-corrected chi connectivity index (χ3v) is 4.34. The minimum atomic E-state index is 0.104. The van der Waals surface area contributed by atoms with Gasteiger partial charge in [0.15, 0.2) is 0 Å². The maximum absolute atomic E-state index is 5.88. The molecule has 19 heavy (non-hydrogen) atoms. The summed E-state index contributed by atoms with van der Waals surface area (Å²) in [6, 6.07) is 0.338. The lowest BCUT2D eigenvalue weighted by molar-refractivity contribution is 0.0978. The molecule has 0 unspecified atom stereocenters. The average molecular weight is 278 g/mol. The van der Waals surface area contributed by atoms with Gasteiger partial charge in [-0.15, -0.1) is 11.3 Å². The Bertz CT molecular complexity index is 537. The Balaban J connectivity index is 1.69. The molecule has 1 aliphatic heterocycles. The van der Waals surface area contributed by atoms with Gasteiger partial charge in [0.1, 0.15) is 6.10 Å². The Kier molecular flexibility index (Phi) is 3.63. The minimum absolute atomic E-state index is 0.104. The maximum Gasteiger partial charge on any atom is 0.101 e. The molecule has 1 fully saturated rings. The highest BCUT2D eigenvalue weighted by Crippen LogP contribution is 2.31. The third kappa shape index (κ3) is 2.56. The van der Waals surface area contributed by atoms with Crippen LogP contribution in [-0.2, 0) is 18.3 Å². The van der Waals surface area contributed by atoms with Crippen molar-refractivity contribution in [1.29, 1.82) is 0 Å². The highest BCUT2D eigenvalue weighted by Gasteiger charge is 2.31. The van der Waals surface area contributed by atoms with Crippen LogP contribution < -0.4 is 5.32 Å². The van der Waals surface area contributed by atoms with Gasteiger partial charge in [-0.2, -0.15) is 5.10 Å². The first-order valence-electron chi connectivity index (χ1n) is 6.46. The quantitative estimate of drug-likeness (QED) is 0.926. The van der Waals surface area contributed by atoms with Crippen LogP contribution in [0.25, 0.3) is 0 Å². The number of hydrogen-bond acceptors (Lipinski definition) is 5. The molecule has 1 aliphatic rings. The van der Waals surface area contributed by atoms with Crippen LogP contribution in [0.5, 0.6) is 0 Å². The highest BCUT2D eigenvalue weighted by atomic mass is 32.1. The second-order valence-electron chi connectivity index (χ2n) is 4.86. The van der Waals surface area contributed by atoms with Crippen molar-refractivity contribution in [3.8, 4) is 0 Å². The van der Waals surface area contributed by atoms with Gasteiger partial charge in [-0.05, 0) is 13.3 Å². The first-order chi connectivity index (χ1) is 9.25. The average Bonchev–Trinajstić information content (AvgIpc) is 3.11. The zero-order valence-electron chi connectivity index (χ0n) is 11.2. The number of aryl methyl sites for hydroxylation is 1. The molecule has 0 amide bonds. The molecule has 2 atom stereocenters. The lowest BCUT2D eigenvalue weighted by Gasteiger charge is -2.19. The van der Waals surface area contributed by atoms with Gasteiger partial charge < -0.3 is 10.1 Å². The first-order valence-corrected chi connectivity index (χ1v) is 7.40. The van der Waals surface area contributed by atoms with Gasteiger partial charge in [0.05, 0.1) is 17.4 Å². The molecular weight excluding hydrogens is 260 g/mol. The molecule has 2 aromatic heterocycles. The number of aromatic nitrogens is 3. The van der Waals surface area contributed by atoms with Gasteiger partial charge in [0, 0.05) is 42.9 Å². The van der Waals surface area contributed by atoms with Crippen LogP contribution in [0.1, 0.15) is 29.5 Å². The predicted molar refractivity (Wildman–Crippen MR) is 74.0 cm³/mol. The molecule has 0 bridgehead atoms. The van der Waals surface area contributed by atoms with Gasteiger partial charge in [-0.3, -0.25) is 4.68 Å². The smallest absolute Gasteiger partial charge is 0.101 e. The molecule has 5 nitrogen and oxygen atoms in total. The monoisotopic (exact) mass is 278 g/mol. The van der Waals surface area contributed by atoms with Gasteiger partial charge in [-0.1, -0.05) is 0 Å². The molecule has 1 N–H and O–H groups in total. The Labute approximate surface area is 116 Å². The molecular formula is C13H18N4OS. The van der Waals surface area contributed by atoms with Crippen molar-refractivity contribution in [2.45, 2.75) is 32.0 Å². The summed E-state index contributed by atoms with van der Waals surface area (Å²) in [5.74, 6) is 0. The van der Waals surface area contributed by atoms with E-state index in [4.69, 9.17) is 4.74 Å². The van der Waals surface area contributed by atoms with E-state index in [1.54, 1.807) is 11.3 Å². The highest BCUT2D eigenvalue weighted by molar-refractivity contribution is 7.07. The van der Waals surface area contributed by atoms with E-state index in [0.717, 1.165) is 25.3 Å². The molecule has 3 heterocycles. The zero-order chi connectivity index (χ0) is 13.2.